The fourth-order valence-electron chi connectivity index (χ4n) is 5.96. The van der Waals surface area contributed by atoms with E-state index in [0.29, 0.717) is 25.0 Å². The van der Waals surface area contributed by atoms with Crippen molar-refractivity contribution in [3.8, 4) is 0 Å². The number of nitrogens with one attached hydrogen (secondary N) is 4. The number of H-pyrrole nitrogens is 1. The number of fused-ring (bicyclic) bond motifs is 1. The van der Waals surface area contributed by atoms with Crippen molar-refractivity contribution in [1.82, 2.24) is 20.5 Å². The van der Waals surface area contributed by atoms with Gasteiger partial charge in [-0.15, -0.1) is 0 Å². The lowest BCUT2D eigenvalue weighted by atomic mass is 9.89. The maximum atomic E-state index is 13.9. The van der Waals surface area contributed by atoms with Crippen LogP contribution in [0.4, 0.5) is 10.5 Å². The van der Waals surface area contributed by atoms with Gasteiger partial charge in [-0.1, -0.05) is 67.6 Å². The van der Waals surface area contributed by atoms with Gasteiger partial charge in [-0.25, -0.2) is 4.79 Å². The Labute approximate surface area is 241 Å². The Kier molecular flexibility index (Phi) is 8.05. The van der Waals surface area contributed by atoms with Gasteiger partial charge in [-0.05, 0) is 66.5 Å². The van der Waals surface area contributed by atoms with Gasteiger partial charge in [-0.3, -0.25) is 4.79 Å². The van der Waals surface area contributed by atoms with Crippen molar-refractivity contribution < 1.29 is 9.59 Å². The lowest BCUT2D eigenvalue weighted by Crippen LogP contribution is -2.53. The fourth-order valence-corrected chi connectivity index (χ4v) is 5.96. The Morgan fingerprint density at radius 3 is 2.46 bits per heavy atom. The van der Waals surface area contributed by atoms with Crippen LogP contribution in [0.2, 0.25) is 0 Å². The molecule has 1 saturated carbocycles. The van der Waals surface area contributed by atoms with Gasteiger partial charge in [0, 0.05) is 54.4 Å². The topological polar surface area (TPSA) is 89.3 Å². The number of aromatic amines is 1. The molecule has 2 aliphatic rings. The van der Waals surface area contributed by atoms with Gasteiger partial charge in [0.05, 0.1) is 0 Å². The van der Waals surface area contributed by atoms with E-state index in [2.05, 4.69) is 57.3 Å². The van der Waals surface area contributed by atoms with Gasteiger partial charge in [-0.2, -0.15) is 0 Å². The summed E-state index contributed by atoms with van der Waals surface area (Å²) in [5.74, 6) is -0.0227. The number of aromatic nitrogens is 1. The number of urea groups is 1. The highest BCUT2D eigenvalue weighted by Crippen LogP contribution is 2.30. The SMILES string of the molecule is C[C@@H](c1c[nH]c2ccccc12)[C@@H](NC(=O)N1CCC(c2ccccc2)CC1)C(=O)Nc1cccc(CNC2CC2)c1. The van der Waals surface area contributed by atoms with Gasteiger partial charge in [0.2, 0.25) is 5.91 Å². The second kappa shape index (κ2) is 12.2. The zero-order valence-electron chi connectivity index (χ0n) is 23.6. The summed E-state index contributed by atoms with van der Waals surface area (Å²) in [6.07, 6.45) is 6.24. The summed E-state index contributed by atoms with van der Waals surface area (Å²) in [7, 11) is 0. The monoisotopic (exact) mass is 549 g/mol. The normalized spacial score (nSPS) is 17.2. The Morgan fingerprint density at radius 2 is 1.68 bits per heavy atom. The molecule has 7 nitrogen and oxygen atoms in total. The summed E-state index contributed by atoms with van der Waals surface area (Å²) in [5.41, 5.74) is 5.21. The molecule has 0 unspecified atom stereocenters. The minimum absolute atomic E-state index is 0.189. The molecule has 41 heavy (non-hydrogen) atoms. The Hall–Kier alpha value is -4.10. The molecular weight excluding hydrogens is 510 g/mol. The predicted octanol–water partition coefficient (Wildman–Crippen LogP) is 6.12. The number of anilines is 1. The van der Waals surface area contributed by atoms with E-state index in [4.69, 9.17) is 0 Å². The maximum absolute atomic E-state index is 13.9. The first-order valence-electron chi connectivity index (χ1n) is 14.8. The van der Waals surface area contributed by atoms with E-state index < -0.39 is 6.04 Å². The standard InChI is InChI=1S/C34H39N5O2/c1-23(30-22-36-31-13-6-5-12-29(30)31)32(33(40)37-28-11-7-8-24(20-28)21-35-27-14-15-27)38-34(41)39-18-16-26(17-19-39)25-9-3-2-4-10-25/h2-13,20,22-23,26-27,32,35-36H,14-19,21H2,1H3,(H,37,40)(H,38,41)/t23-,32+/m0/s1. The predicted molar refractivity (Wildman–Crippen MR) is 164 cm³/mol. The average molecular weight is 550 g/mol. The van der Waals surface area contributed by atoms with E-state index in [1.807, 2.05) is 60.5 Å². The summed E-state index contributed by atoms with van der Waals surface area (Å²) >= 11 is 0. The number of carbonyl (C=O) groups excluding carboxylic acids is 2. The second-order valence-corrected chi connectivity index (χ2v) is 11.5. The van der Waals surface area contributed by atoms with E-state index in [1.165, 1.54) is 18.4 Å². The Bertz CT molecular complexity index is 1490. The second-order valence-electron chi connectivity index (χ2n) is 11.5. The lowest BCUT2D eigenvalue weighted by Gasteiger charge is -2.34. The van der Waals surface area contributed by atoms with Crippen molar-refractivity contribution in [1.29, 1.82) is 0 Å². The van der Waals surface area contributed by atoms with Crippen LogP contribution in [0.15, 0.2) is 85.1 Å². The van der Waals surface area contributed by atoms with Crippen LogP contribution >= 0.6 is 0 Å². The zero-order valence-corrected chi connectivity index (χ0v) is 23.6. The van der Waals surface area contributed by atoms with Crippen LogP contribution < -0.4 is 16.0 Å². The van der Waals surface area contributed by atoms with Crippen LogP contribution in [0.5, 0.6) is 0 Å². The molecule has 1 aliphatic heterocycles. The summed E-state index contributed by atoms with van der Waals surface area (Å²) in [6.45, 7) is 4.12. The largest absolute Gasteiger partial charge is 0.361 e. The fraction of sp³-hybridized carbons (Fsp3) is 0.353. The number of para-hydroxylation sites is 1. The van der Waals surface area contributed by atoms with Crippen molar-refractivity contribution in [2.75, 3.05) is 18.4 Å². The third kappa shape index (κ3) is 6.46. The number of amides is 3. The highest BCUT2D eigenvalue weighted by molar-refractivity contribution is 5.98. The number of benzene rings is 3. The first-order valence-corrected chi connectivity index (χ1v) is 14.8. The van der Waals surface area contributed by atoms with Crippen molar-refractivity contribution in [2.24, 2.45) is 0 Å². The average Bonchev–Trinajstić information content (AvgIpc) is 3.75. The molecule has 3 amide bonds. The van der Waals surface area contributed by atoms with Crippen LogP contribution in [-0.2, 0) is 11.3 Å². The zero-order chi connectivity index (χ0) is 28.2. The number of hydrogen-bond acceptors (Lipinski definition) is 3. The minimum atomic E-state index is -0.748. The van der Waals surface area contributed by atoms with Crippen LogP contribution in [0.3, 0.4) is 0 Å². The Balaban J connectivity index is 1.18. The quantitative estimate of drug-likeness (QED) is 0.203. The van der Waals surface area contributed by atoms with Crippen LogP contribution in [-0.4, -0.2) is 47.0 Å². The highest BCUT2D eigenvalue weighted by atomic mass is 16.2. The highest BCUT2D eigenvalue weighted by Gasteiger charge is 2.32. The van der Waals surface area contributed by atoms with E-state index in [1.54, 1.807) is 0 Å². The molecule has 7 heteroatoms. The molecule has 2 atom stereocenters. The number of rotatable bonds is 9. The van der Waals surface area contributed by atoms with E-state index in [0.717, 1.165) is 47.1 Å². The third-order valence-electron chi connectivity index (χ3n) is 8.59. The molecule has 212 valence electrons. The molecule has 2 fully saturated rings. The van der Waals surface area contributed by atoms with Gasteiger partial charge in [0.25, 0.3) is 0 Å². The molecule has 2 heterocycles. The number of likely N-dealkylation sites (tertiary alicyclic amines) is 1. The molecule has 0 spiro atoms. The Morgan fingerprint density at radius 1 is 0.927 bits per heavy atom. The van der Waals surface area contributed by atoms with Gasteiger partial charge in [0.1, 0.15) is 6.04 Å². The molecular formula is C34H39N5O2. The summed E-state index contributed by atoms with van der Waals surface area (Å²) in [6, 6.07) is 26.2. The number of nitrogens with zero attached hydrogens (tertiary/aromatic N) is 1. The van der Waals surface area contributed by atoms with Gasteiger partial charge in [0.15, 0.2) is 0 Å². The molecule has 0 radical (unpaired) electrons. The first-order chi connectivity index (χ1) is 20.0. The maximum Gasteiger partial charge on any atom is 0.318 e. The van der Waals surface area contributed by atoms with E-state index >= 15 is 0 Å². The van der Waals surface area contributed by atoms with Crippen molar-refractivity contribution in [2.45, 2.75) is 63.1 Å². The van der Waals surface area contributed by atoms with Crippen LogP contribution in [0, 0.1) is 0 Å². The number of carbonyl (C=O) groups is 2. The number of piperidine rings is 1. The smallest absolute Gasteiger partial charge is 0.318 e. The van der Waals surface area contributed by atoms with Crippen molar-refractivity contribution in [3.63, 3.8) is 0 Å². The van der Waals surface area contributed by atoms with Crippen molar-refractivity contribution >= 4 is 28.5 Å². The van der Waals surface area contributed by atoms with Gasteiger partial charge < -0.3 is 25.8 Å². The molecule has 4 N–H and O–H groups in total. The molecule has 1 aromatic heterocycles. The summed E-state index contributed by atoms with van der Waals surface area (Å²) < 4.78 is 0. The number of hydrogen-bond donors (Lipinski definition) is 4. The van der Waals surface area contributed by atoms with E-state index in [-0.39, 0.29) is 17.9 Å². The summed E-state index contributed by atoms with van der Waals surface area (Å²) in [5, 5.41) is 10.8. The van der Waals surface area contributed by atoms with Gasteiger partial charge >= 0.3 is 6.03 Å². The molecule has 0 bridgehead atoms. The van der Waals surface area contributed by atoms with Crippen LogP contribution in [0.1, 0.15) is 61.1 Å². The first kappa shape index (κ1) is 27.1. The molecule has 1 saturated heterocycles. The molecule has 6 rings (SSSR count). The van der Waals surface area contributed by atoms with Crippen molar-refractivity contribution in [3.05, 3.63) is 102 Å². The molecule has 4 aromatic rings. The minimum Gasteiger partial charge on any atom is -0.361 e. The third-order valence-corrected chi connectivity index (χ3v) is 8.59. The van der Waals surface area contributed by atoms with E-state index in [9.17, 15) is 9.59 Å². The molecule has 1 aliphatic carbocycles. The molecule has 3 aromatic carbocycles. The lowest BCUT2D eigenvalue weighted by molar-refractivity contribution is -0.118. The summed E-state index contributed by atoms with van der Waals surface area (Å²) in [4.78, 5) is 32.6. The van der Waals surface area contributed by atoms with Crippen LogP contribution in [0.25, 0.3) is 10.9 Å².